The Balaban J connectivity index is 0.000000214. The second kappa shape index (κ2) is 21.7. The largest absolute Gasteiger partial charge is 0.497 e. The smallest absolute Gasteiger partial charge is 0.248 e. The second-order valence-electron chi connectivity index (χ2n) is 14.4. The van der Waals surface area contributed by atoms with E-state index in [2.05, 4.69) is 46.2 Å². The molecule has 2 saturated heterocycles. The van der Waals surface area contributed by atoms with Crippen molar-refractivity contribution >= 4 is 67.5 Å². The van der Waals surface area contributed by atoms with Crippen LogP contribution < -0.4 is 48.9 Å². The van der Waals surface area contributed by atoms with Gasteiger partial charge in [0.15, 0.2) is 23.0 Å². The minimum absolute atomic E-state index is 0. The van der Waals surface area contributed by atoms with Crippen molar-refractivity contribution in [2.75, 3.05) is 109 Å². The fraction of sp³-hybridized carbons (Fsp3) is 0.409. The van der Waals surface area contributed by atoms with E-state index in [0.29, 0.717) is 30.3 Å². The summed E-state index contributed by atoms with van der Waals surface area (Å²) >= 11 is 3.49. The van der Waals surface area contributed by atoms with Gasteiger partial charge in [-0.1, -0.05) is 12.1 Å². The van der Waals surface area contributed by atoms with Gasteiger partial charge in [0, 0.05) is 71.1 Å². The van der Waals surface area contributed by atoms with Crippen molar-refractivity contribution in [3.05, 3.63) is 82.3 Å². The highest BCUT2D eigenvalue weighted by Crippen LogP contribution is 2.41. The van der Waals surface area contributed by atoms with Gasteiger partial charge in [-0.15, -0.1) is 17.0 Å². The SMILES string of the molecule is Br.CCO.COc1cc2c(cc1Br)NC(=O)C1CN(Cc3ccc(OC)c(OC)c3)CCN21.COc1ccc2c(c1)N1CCN(Cc3ccc(OC)c(OC)c3)CC1C(=O)N2. The topological polar surface area (TPSA) is 147 Å². The predicted octanol–water partition coefficient (Wildman–Crippen LogP) is 6.05. The third-order valence-corrected chi connectivity index (χ3v) is 11.5. The molecule has 4 aliphatic heterocycles. The quantitative estimate of drug-likeness (QED) is 0.170. The number of carbonyl (C=O) groups excluding carboxylic acids is 2. The molecule has 2 fully saturated rings. The number of anilines is 4. The molecule has 15 nitrogen and oxygen atoms in total. The van der Waals surface area contributed by atoms with Gasteiger partial charge in [-0.3, -0.25) is 19.4 Å². The highest BCUT2D eigenvalue weighted by molar-refractivity contribution is 9.10. The Kier molecular flexibility index (Phi) is 16.8. The number of piperazine rings is 2. The summed E-state index contributed by atoms with van der Waals surface area (Å²) in [7, 11) is 9.83. The van der Waals surface area contributed by atoms with Crippen molar-refractivity contribution in [3.63, 3.8) is 0 Å². The maximum Gasteiger partial charge on any atom is 0.248 e. The van der Waals surface area contributed by atoms with Crippen LogP contribution >= 0.6 is 32.9 Å². The summed E-state index contributed by atoms with van der Waals surface area (Å²) in [6.45, 7) is 8.02. The van der Waals surface area contributed by atoms with Crippen LogP contribution in [0, 0.1) is 0 Å². The summed E-state index contributed by atoms with van der Waals surface area (Å²) in [5.74, 6) is 4.47. The number of rotatable bonds is 10. The van der Waals surface area contributed by atoms with Crippen LogP contribution in [0.2, 0.25) is 0 Å². The zero-order valence-electron chi connectivity index (χ0n) is 35.7. The lowest BCUT2D eigenvalue weighted by Gasteiger charge is -2.45. The van der Waals surface area contributed by atoms with Gasteiger partial charge in [0.2, 0.25) is 11.8 Å². The van der Waals surface area contributed by atoms with Gasteiger partial charge in [-0.05, 0) is 76.4 Å². The minimum atomic E-state index is -0.234. The van der Waals surface area contributed by atoms with Gasteiger partial charge >= 0.3 is 0 Å². The summed E-state index contributed by atoms with van der Waals surface area (Å²) < 4.78 is 33.1. The second-order valence-corrected chi connectivity index (χ2v) is 15.3. The van der Waals surface area contributed by atoms with E-state index in [4.69, 9.17) is 33.5 Å². The molecule has 0 bridgehead atoms. The Morgan fingerprint density at radius 1 is 0.590 bits per heavy atom. The van der Waals surface area contributed by atoms with Crippen LogP contribution in [0.3, 0.4) is 0 Å². The summed E-state index contributed by atoms with van der Waals surface area (Å²) in [5, 5.41) is 13.6. The zero-order chi connectivity index (χ0) is 42.9. The van der Waals surface area contributed by atoms with Crippen molar-refractivity contribution < 1.29 is 43.1 Å². The van der Waals surface area contributed by atoms with Crippen LogP contribution in [-0.2, 0) is 22.7 Å². The standard InChI is InChI=1S/C21H24BrN3O4.C21H25N3O4.C2H6O.BrH/c1-27-18-5-4-13(8-20(18)29-3)11-24-6-7-25-16-10-19(28-2)14(22)9-15(16)23-21(26)17(25)12-24;1-26-15-5-6-16-17(11-15)24-9-8-23(13-18(24)21(25)22-16)12-14-4-7-19(27-2)20(10-14)28-3;1-2-3;/h4-5,8-10,17H,6-7,11-12H2,1-3H3,(H,23,26);4-7,10-11,18H,8-9,12-13H2,1-3H3,(H,22,25);3H,2H2,1H3;1H. The number of aliphatic hydroxyl groups excluding tert-OH is 1. The number of amides is 2. The molecule has 4 aliphatic rings. The van der Waals surface area contributed by atoms with E-state index in [9.17, 15) is 9.59 Å². The van der Waals surface area contributed by atoms with Crippen LogP contribution in [0.25, 0.3) is 0 Å². The number of hydrogen-bond donors (Lipinski definition) is 3. The summed E-state index contributed by atoms with van der Waals surface area (Å²) in [5.41, 5.74) is 5.93. The molecular formula is C44H56Br2N6O9. The summed E-state index contributed by atoms with van der Waals surface area (Å²) in [4.78, 5) is 34.4. The Morgan fingerprint density at radius 3 is 1.51 bits per heavy atom. The molecule has 0 spiro atoms. The lowest BCUT2D eigenvalue weighted by molar-refractivity contribution is -0.119. The zero-order valence-corrected chi connectivity index (χ0v) is 39.0. The van der Waals surface area contributed by atoms with Crippen molar-refractivity contribution in [1.82, 2.24) is 9.80 Å². The van der Waals surface area contributed by atoms with Gasteiger partial charge in [0.25, 0.3) is 0 Å². The normalized spacial score (nSPS) is 17.7. The monoisotopic (exact) mass is 970 g/mol. The lowest BCUT2D eigenvalue weighted by Crippen LogP contribution is -2.59. The van der Waals surface area contributed by atoms with E-state index in [1.165, 1.54) is 0 Å². The minimum Gasteiger partial charge on any atom is -0.497 e. The maximum atomic E-state index is 12.8. The molecule has 0 radical (unpaired) electrons. The molecule has 3 N–H and O–H groups in total. The number of benzene rings is 4. The number of hydrogen-bond acceptors (Lipinski definition) is 13. The molecule has 0 aromatic heterocycles. The van der Waals surface area contributed by atoms with E-state index >= 15 is 0 Å². The molecule has 8 rings (SSSR count). The summed E-state index contributed by atoms with van der Waals surface area (Å²) in [6.07, 6.45) is 0. The number of nitrogens with zero attached hydrogens (tertiary/aromatic N) is 4. The van der Waals surface area contributed by atoms with Gasteiger partial charge in [-0.25, -0.2) is 0 Å². The van der Waals surface area contributed by atoms with Crippen molar-refractivity contribution in [2.24, 2.45) is 0 Å². The first kappa shape index (κ1) is 47.1. The predicted molar refractivity (Wildman–Crippen MR) is 246 cm³/mol. The Labute approximate surface area is 376 Å². The number of ether oxygens (including phenoxy) is 6. The fourth-order valence-corrected chi connectivity index (χ4v) is 8.42. The van der Waals surface area contributed by atoms with Crippen LogP contribution in [0.1, 0.15) is 18.1 Å². The molecule has 0 saturated carbocycles. The number of carbonyl (C=O) groups is 2. The van der Waals surface area contributed by atoms with Crippen LogP contribution in [0.15, 0.2) is 71.2 Å². The van der Waals surface area contributed by atoms with Gasteiger partial charge < -0.3 is 54.0 Å². The highest BCUT2D eigenvalue weighted by atomic mass is 79.9. The first-order chi connectivity index (χ1) is 29.1. The fourth-order valence-electron chi connectivity index (χ4n) is 7.92. The average Bonchev–Trinajstić information content (AvgIpc) is 3.26. The molecule has 0 aliphatic carbocycles. The van der Waals surface area contributed by atoms with E-state index < -0.39 is 0 Å². The van der Waals surface area contributed by atoms with Crippen molar-refractivity contribution in [2.45, 2.75) is 32.1 Å². The van der Waals surface area contributed by atoms with Crippen LogP contribution in [0.5, 0.6) is 34.5 Å². The number of methoxy groups -OCH3 is 6. The first-order valence-corrected chi connectivity index (χ1v) is 20.6. The van der Waals surface area contributed by atoms with E-state index in [-0.39, 0.29) is 47.5 Å². The first-order valence-electron chi connectivity index (χ1n) is 19.8. The average molecular weight is 973 g/mol. The molecule has 2 amide bonds. The summed E-state index contributed by atoms with van der Waals surface area (Å²) in [6, 6.07) is 21.1. The van der Waals surface area contributed by atoms with Gasteiger partial charge in [0.05, 0.1) is 69.9 Å². The third-order valence-electron chi connectivity index (χ3n) is 10.9. The number of halogens is 2. The Bertz CT molecular complexity index is 2150. The molecule has 2 unspecified atom stereocenters. The molecule has 17 heteroatoms. The van der Waals surface area contributed by atoms with E-state index in [0.717, 1.165) is 94.9 Å². The molecule has 330 valence electrons. The molecule has 4 aromatic carbocycles. The van der Waals surface area contributed by atoms with Gasteiger partial charge in [0.1, 0.15) is 23.6 Å². The lowest BCUT2D eigenvalue weighted by atomic mass is 10.0. The highest BCUT2D eigenvalue weighted by Gasteiger charge is 2.39. The van der Waals surface area contributed by atoms with Crippen molar-refractivity contribution in [1.29, 1.82) is 0 Å². The Morgan fingerprint density at radius 2 is 1.05 bits per heavy atom. The maximum absolute atomic E-state index is 12.8. The Hall–Kier alpha value is -4.94. The molecule has 4 heterocycles. The van der Waals surface area contributed by atoms with E-state index in [1.54, 1.807) is 49.6 Å². The third kappa shape index (κ3) is 10.8. The molecule has 61 heavy (non-hydrogen) atoms. The van der Waals surface area contributed by atoms with Gasteiger partial charge in [-0.2, -0.15) is 0 Å². The number of nitrogens with one attached hydrogen (secondary N) is 2. The van der Waals surface area contributed by atoms with E-state index in [1.807, 2.05) is 66.7 Å². The van der Waals surface area contributed by atoms with Crippen molar-refractivity contribution in [3.8, 4) is 34.5 Å². The number of fused-ring (bicyclic) bond motifs is 6. The number of aliphatic hydroxyl groups is 1. The van der Waals surface area contributed by atoms with Crippen LogP contribution in [-0.4, -0.2) is 127 Å². The van der Waals surface area contributed by atoms with Crippen LogP contribution in [0.4, 0.5) is 22.7 Å². The molecule has 2 atom stereocenters. The molecule has 4 aromatic rings. The molecular weight excluding hydrogens is 916 g/mol.